The Morgan fingerprint density at radius 3 is 2.71 bits per heavy atom. The number of rotatable bonds is 5. The maximum Gasteiger partial charge on any atom is 0.0613 e. The van der Waals surface area contributed by atoms with E-state index < -0.39 is 0 Å². The lowest BCUT2D eigenvalue weighted by Crippen LogP contribution is -2.59. The SMILES string of the molecule is CCCNC1(CO)CCCC(N2CC(C)CC(C)C2C)C1. The maximum atomic E-state index is 9.97. The van der Waals surface area contributed by atoms with Gasteiger partial charge in [0.05, 0.1) is 6.61 Å². The molecule has 3 nitrogen and oxygen atoms in total. The van der Waals surface area contributed by atoms with Crippen molar-refractivity contribution in [3.63, 3.8) is 0 Å². The molecule has 5 atom stereocenters. The van der Waals surface area contributed by atoms with Gasteiger partial charge in [-0.25, -0.2) is 0 Å². The van der Waals surface area contributed by atoms with Crippen molar-refractivity contribution in [3.8, 4) is 0 Å². The van der Waals surface area contributed by atoms with Gasteiger partial charge >= 0.3 is 0 Å². The Hall–Kier alpha value is -0.120. The van der Waals surface area contributed by atoms with E-state index in [1.165, 1.54) is 25.8 Å². The van der Waals surface area contributed by atoms with Crippen LogP contribution in [0.2, 0.25) is 0 Å². The number of piperidine rings is 1. The molecule has 0 bridgehead atoms. The summed E-state index contributed by atoms with van der Waals surface area (Å²) in [6, 6.07) is 1.34. The minimum atomic E-state index is -0.0252. The highest BCUT2D eigenvalue weighted by Gasteiger charge is 2.41. The smallest absolute Gasteiger partial charge is 0.0613 e. The van der Waals surface area contributed by atoms with Crippen LogP contribution in [-0.2, 0) is 0 Å². The molecule has 2 N–H and O–H groups in total. The van der Waals surface area contributed by atoms with E-state index in [0.29, 0.717) is 12.1 Å². The number of aliphatic hydroxyl groups excluding tert-OH is 1. The summed E-state index contributed by atoms with van der Waals surface area (Å²) < 4.78 is 0. The Labute approximate surface area is 131 Å². The average Bonchev–Trinajstić information content (AvgIpc) is 2.49. The van der Waals surface area contributed by atoms with Gasteiger partial charge in [-0.15, -0.1) is 0 Å². The van der Waals surface area contributed by atoms with Crippen LogP contribution in [0.15, 0.2) is 0 Å². The molecule has 5 unspecified atom stereocenters. The predicted molar refractivity (Wildman–Crippen MR) is 89.5 cm³/mol. The van der Waals surface area contributed by atoms with E-state index in [1.54, 1.807) is 0 Å². The van der Waals surface area contributed by atoms with Gasteiger partial charge in [-0.05, 0) is 63.8 Å². The van der Waals surface area contributed by atoms with E-state index in [4.69, 9.17) is 0 Å². The molecule has 1 aliphatic heterocycles. The third kappa shape index (κ3) is 4.00. The van der Waals surface area contributed by atoms with Crippen molar-refractivity contribution in [2.75, 3.05) is 19.7 Å². The van der Waals surface area contributed by atoms with E-state index in [9.17, 15) is 5.11 Å². The van der Waals surface area contributed by atoms with Crippen LogP contribution in [-0.4, -0.2) is 47.3 Å². The number of nitrogens with one attached hydrogen (secondary N) is 1. The molecule has 1 heterocycles. The van der Waals surface area contributed by atoms with Crippen molar-refractivity contribution in [2.45, 2.75) is 83.8 Å². The number of hydrogen-bond acceptors (Lipinski definition) is 3. The molecule has 21 heavy (non-hydrogen) atoms. The molecule has 2 rings (SSSR count). The highest BCUT2D eigenvalue weighted by molar-refractivity contribution is 4.98. The number of aliphatic hydroxyl groups is 1. The number of nitrogens with zero attached hydrogens (tertiary/aromatic N) is 1. The van der Waals surface area contributed by atoms with Gasteiger partial charge in [0, 0.05) is 24.2 Å². The third-order valence-corrected chi connectivity index (χ3v) is 5.98. The lowest BCUT2D eigenvalue weighted by Gasteiger charge is -2.50. The summed E-state index contributed by atoms with van der Waals surface area (Å²) >= 11 is 0. The Morgan fingerprint density at radius 1 is 1.29 bits per heavy atom. The fourth-order valence-corrected chi connectivity index (χ4v) is 4.61. The highest BCUT2D eigenvalue weighted by atomic mass is 16.3. The van der Waals surface area contributed by atoms with Gasteiger partial charge in [-0.2, -0.15) is 0 Å². The van der Waals surface area contributed by atoms with Crippen molar-refractivity contribution < 1.29 is 5.11 Å². The van der Waals surface area contributed by atoms with Gasteiger partial charge in [0.1, 0.15) is 0 Å². The largest absolute Gasteiger partial charge is 0.394 e. The van der Waals surface area contributed by atoms with Gasteiger partial charge in [-0.1, -0.05) is 20.8 Å². The van der Waals surface area contributed by atoms with E-state index in [0.717, 1.165) is 37.6 Å². The normalized spacial score (nSPS) is 42.1. The Bertz CT molecular complexity index is 322. The first-order valence-electron chi connectivity index (χ1n) is 9.13. The van der Waals surface area contributed by atoms with Crippen molar-refractivity contribution in [3.05, 3.63) is 0 Å². The summed E-state index contributed by atoms with van der Waals surface area (Å²) in [5, 5.41) is 13.6. The van der Waals surface area contributed by atoms with Crippen LogP contribution in [0.5, 0.6) is 0 Å². The molecule has 0 spiro atoms. The molecule has 0 amide bonds. The first-order valence-corrected chi connectivity index (χ1v) is 9.13. The van der Waals surface area contributed by atoms with Gasteiger partial charge in [0.2, 0.25) is 0 Å². The minimum absolute atomic E-state index is 0.0252. The molecule has 2 aliphatic rings. The average molecular weight is 296 g/mol. The lowest BCUT2D eigenvalue weighted by molar-refractivity contribution is -0.00444. The molecular formula is C18H36N2O. The topological polar surface area (TPSA) is 35.5 Å². The fraction of sp³-hybridized carbons (Fsp3) is 1.00. The monoisotopic (exact) mass is 296 g/mol. The Kier molecular flexibility index (Phi) is 6.10. The molecule has 1 saturated heterocycles. The standard InChI is InChI=1S/C18H36N2O/c1-5-9-19-18(13-21)8-6-7-17(11-18)20-12-14(2)10-15(3)16(20)4/h14-17,19,21H,5-13H2,1-4H3. The van der Waals surface area contributed by atoms with Crippen LogP contribution in [0, 0.1) is 11.8 Å². The zero-order valence-electron chi connectivity index (χ0n) is 14.6. The van der Waals surface area contributed by atoms with E-state index in [1.807, 2.05) is 0 Å². The molecule has 3 heteroatoms. The zero-order valence-corrected chi connectivity index (χ0v) is 14.6. The van der Waals surface area contributed by atoms with Crippen LogP contribution in [0.1, 0.15) is 66.2 Å². The van der Waals surface area contributed by atoms with Gasteiger partial charge in [0.15, 0.2) is 0 Å². The molecular weight excluding hydrogens is 260 g/mol. The quantitative estimate of drug-likeness (QED) is 0.818. The Balaban J connectivity index is 2.05. The molecule has 124 valence electrons. The molecule has 1 saturated carbocycles. The maximum absolute atomic E-state index is 9.97. The van der Waals surface area contributed by atoms with Crippen LogP contribution in [0.3, 0.4) is 0 Å². The second-order valence-electron chi connectivity index (χ2n) is 7.87. The number of likely N-dealkylation sites (tertiary alicyclic amines) is 1. The zero-order chi connectivity index (χ0) is 15.5. The molecule has 0 aromatic carbocycles. The van der Waals surface area contributed by atoms with E-state index in [2.05, 4.69) is 37.9 Å². The third-order valence-electron chi connectivity index (χ3n) is 5.98. The van der Waals surface area contributed by atoms with E-state index >= 15 is 0 Å². The van der Waals surface area contributed by atoms with Crippen molar-refractivity contribution >= 4 is 0 Å². The summed E-state index contributed by atoms with van der Waals surface area (Å²) in [5.74, 6) is 1.60. The molecule has 0 aromatic heterocycles. The van der Waals surface area contributed by atoms with Gasteiger partial charge in [0.25, 0.3) is 0 Å². The first kappa shape index (κ1) is 17.2. The summed E-state index contributed by atoms with van der Waals surface area (Å²) in [4.78, 5) is 2.76. The summed E-state index contributed by atoms with van der Waals surface area (Å²) in [6.07, 6.45) is 7.30. The van der Waals surface area contributed by atoms with Gasteiger partial charge < -0.3 is 10.4 Å². The first-order chi connectivity index (χ1) is 10.0. The summed E-state index contributed by atoms with van der Waals surface area (Å²) in [5.41, 5.74) is -0.0252. The molecule has 0 radical (unpaired) electrons. The molecule has 1 aliphatic carbocycles. The van der Waals surface area contributed by atoms with E-state index in [-0.39, 0.29) is 12.1 Å². The highest BCUT2D eigenvalue weighted by Crippen LogP contribution is 2.36. The van der Waals surface area contributed by atoms with Gasteiger partial charge in [-0.3, -0.25) is 4.90 Å². The molecule has 0 aromatic rings. The van der Waals surface area contributed by atoms with Crippen molar-refractivity contribution in [2.24, 2.45) is 11.8 Å². The van der Waals surface area contributed by atoms with Crippen LogP contribution < -0.4 is 5.32 Å². The predicted octanol–water partition coefficient (Wildman–Crippen LogP) is 3.03. The van der Waals surface area contributed by atoms with Crippen LogP contribution in [0.4, 0.5) is 0 Å². The number of hydrogen-bond donors (Lipinski definition) is 2. The summed E-state index contributed by atoms with van der Waals surface area (Å²) in [6.45, 7) is 12.0. The van der Waals surface area contributed by atoms with Crippen LogP contribution >= 0.6 is 0 Å². The lowest BCUT2D eigenvalue weighted by atomic mass is 9.76. The molecule has 2 fully saturated rings. The van der Waals surface area contributed by atoms with Crippen LogP contribution in [0.25, 0.3) is 0 Å². The van der Waals surface area contributed by atoms with Crippen molar-refractivity contribution in [1.29, 1.82) is 0 Å². The van der Waals surface area contributed by atoms with Crippen molar-refractivity contribution in [1.82, 2.24) is 10.2 Å². The fourth-order valence-electron chi connectivity index (χ4n) is 4.61. The second kappa shape index (κ2) is 7.43. The second-order valence-corrected chi connectivity index (χ2v) is 7.87. The Morgan fingerprint density at radius 2 is 2.05 bits per heavy atom. The minimum Gasteiger partial charge on any atom is -0.394 e. The summed E-state index contributed by atoms with van der Waals surface area (Å²) in [7, 11) is 0.